The van der Waals surface area contributed by atoms with E-state index in [-0.39, 0.29) is 18.4 Å². The monoisotopic (exact) mass is 326 g/mol. The number of hydrogen-bond acceptors (Lipinski definition) is 4. The lowest BCUT2D eigenvalue weighted by molar-refractivity contribution is -0.115. The zero-order valence-electron chi connectivity index (χ0n) is 13.5. The SMILES string of the molecule is COC(=O)c1ccc(NC(=O)CNC(=O)c2cccc(C)c2)cc1. The van der Waals surface area contributed by atoms with E-state index in [1.54, 1.807) is 42.5 Å². The van der Waals surface area contributed by atoms with Gasteiger partial charge < -0.3 is 15.4 Å². The van der Waals surface area contributed by atoms with Crippen LogP contribution in [0.5, 0.6) is 0 Å². The van der Waals surface area contributed by atoms with Crippen LogP contribution in [0.4, 0.5) is 5.69 Å². The molecular weight excluding hydrogens is 308 g/mol. The Morgan fingerprint density at radius 3 is 2.33 bits per heavy atom. The number of aryl methyl sites for hydroxylation is 1. The van der Waals surface area contributed by atoms with Crippen molar-refractivity contribution in [3.05, 3.63) is 65.2 Å². The summed E-state index contributed by atoms with van der Waals surface area (Å²) in [4.78, 5) is 35.2. The molecule has 2 N–H and O–H groups in total. The summed E-state index contributed by atoms with van der Waals surface area (Å²) >= 11 is 0. The fraction of sp³-hybridized carbons (Fsp3) is 0.167. The molecular formula is C18H18N2O4. The van der Waals surface area contributed by atoms with Crippen LogP contribution in [0.25, 0.3) is 0 Å². The average molecular weight is 326 g/mol. The first-order valence-corrected chi connectivity index (χ1v) is 7.32. The number of ether oxygens (including phenoxy) is 1. The Morgan fingerprint density at radius 1 is 1.00 bits per heavy atom. The first-order valence-electron chi connectivity index (χ1n) is 7.32. The van der Waals surface area contributed by atoms with E-state index in [0.717, 1.165) is 5.56 Å². The number of esters is 1. The molecule has 0 heterocycles. The van der Waals surface area contributed by atoms with E-state index >= 15 is 0 Å². The largest absolute Gasteiger partial charge is 0.465 e. The third-order valence-corrected chi connectivity index (χ3v) is 3.28. The molecule has 0 aliphatic heterocycles. The molecule has 2 aromatic rings. The second-order valence-electron chi connectivity index (χ2n) is 5.17. The van der Waals surface area contributed by atoms with Gasteiger partial charge >= 0.3 is 5.97 Å². The maximum absolute atomic E-state index is 12.0. The summed E-state index contributed by atoms with van der Waals surface area (Å²) in [6.07, 6.45) is 0. The van der Waals surface area contributed by atoms with Gasteiger partial charge in [0.25, 0.3) is 5.91 Å². The van der Waals surface area contributed by atoms with Gasteiger partial charge in [0.15, 0.2) is 0 Å². The molecule has 0 atom stereocenters. The molecule has 0 saturated heterocycles. The Bertz CT molecular complexity index is 754. The highest BCUT2D eigenvalue weighted by Gasteiger charge is 2.09. The molecule has 0 fully saturated rings. The molecule has 2 aromatic carbocycles. The minimum Gasteiger partial charge on any atom is -0.465 e. The average Bonchev–Trinajstić information content (AvgIpc) is 2.59. The van der Waals surface area contributed by atoms with Crippen molar-refractivity contribution in [1.29, 1.82) is 0 Å². The summed E-state index contributed by atoms with van der Waals surface area (Å²) in [6, 6.07) is 13.4. The Kier molecular flexibility index (Phi) is 5.68. The first-order chi connectivity index (χ1) is 11.5. The number of hydrogen-bond donors (Lipinski definition) is 2. The molecule has 6 nitrogen and oxygen atoms in total. The fourth-order valence-corrected chi connectivity index (χ4v) is 2.06. The van der Waals surface area contributed by atoms with Gasteiger partial charge in [0, 0.05) is 11.3 Å². The number of amides is 2. The molecule has 0 unspecified atom stereocenters. The second kappa shape index (κ2) is 7.92. The zero-order valence-corrected chi connectivity index (χ0v) is 13.5. The van der Waals surface area contributed by atoms with Crippen LogP contribution in [0.15, 0.2) is 48.5 Å². The maximum Gasteiger partial charge on any atom is 0.337 e. The number of anilines is 1. The molecule has 0 aromatic heterocycles. The van der Waals surface area contributed by atoms with Crippen LogP contribution >= 0.6 is 0 Å². The van der Waals surface area contributed by atoms with E-state index in [4.69, 9.17) is 0 Å². The van der Waals surface area contributed by atoms with Crippen molar-refractivity contribution < 1.29 is 19.1 Å². The fourth-order valence-electron chi connectivity index (χ4n) is 2.06. The molecule has 0 bridgehead atoms. The Balaban J connectivity index is 1.87. The van der Waals surface area contributed by atoms with Crippen molar-refractivity contribution in [2.45, 2.75) is 6.92 Å². The standard InChI is InChI=1S/C18H18N2O4/c1-12-4-3-5-14(10-12)17(22)19-11-16(21)20-15-8-6-13(7-9-15)18(23)24-2/h3-10H,11H2,1-2H3,(H,19,22)(H,20,21). The molecule has 124 valence electrons. The number of methoxy groups -OCH3 is 1. The van der Waals surface area contributed by atoms with Crippen LogP contribution in [0, 0.1) is 6.92 Å². The van der Waals surface area contributed by atoms with Crippen molar-refractivity contribution in [3.63, 3.8) is 0 Å². The lowest BCUT2D eigenvalue weighted by Crippen LogP contribution is -2.32. The van der Waals surface area contributed by atoms with Crippen molar-refractivity contribution in [2.24, 2.45) is 0 Å². The van der Waals surface area contributed by atoms with Gasteiger partial charge in [0.2, 0.25) is 5.91 Å². The summed E-state index contributed by atoms with van der Waals surface area (Å²) in [6.45, 7) is 1.74. The molecule has 6 heteroatoms. The van der Waals surface area contributed by atoms with Gasteiger partial charge in [-0.15, -0.1) is 0 Å². The van der Waals surface area contributed by atoms with E-state index in [1.165, 1.54) is 7.11 Å². The second-order valence-corrected chi connectivity index (χ2v) is 5.17. The van der Waals surface area contributed by atoms with Gasteiger partial charge in [-0.05, 0) is 43.3 Å². The van der Waals surface area contributed by atoms with Gasteiger partial charge in [-0.25, -0.2) is 4.79 Å². The highest BCUT2D eigenvalue weighted by molar-refractivity contribution is 5.99. The van der Waals surface area contributed by atoms with Crippen LogP contribution in [0.2, 0.25) is 0 Å². The summed E-state index contributed by atoms with van der Waals surface area (Å²) in [7, 11) is 1.30. The number of benzene rings is 2. The summed E-state index contributed by atoms with van der Waals surface area (Å²) in [5, 5.41) is 5.20. The van der Waals surface area contributed by atoms with E-state index in [1.807, 2.05) is 13.0 Å². The van der Waals surface area contributed by atoms with Crippen molar-refractivity contribution in [1.82, 2.24) is 5.32 Å². The normalized spacial score (nSPS) is 9.92. The van der Waals surface area contributed by atoms with Crippen LogP contribution in [0.1, 0.15) is 26.3 Å². The quantitative estimate of drug-likeness (QED) is 0.825. The summed E-state index contributed by atoms with van der Waals surface area (Å²) in [5.74, 6) is -1.12. The van der Waals surface area contributed by atoms with Gasteiger partial charge in [-0.2, -0.15) is 0 Å². The predicted molar refractivity (Wildman–Crippen MR) is 89.9 cm³/mol. The lowest BCUT2D eigenvalue weighted by atomic mass is 10.1. The summed E-state index contributed by atoms with van der Waals surface area (Å²) in [5.41, 5.74) is 2.39. The first kappa shape index (κ1) is 17.2. The third-order valence-electron chi connectivity index (χ3n) is 3.28. The minimum atomic E-state index is -0.446. The van der Waals surface area contributed by atoms with Gasteiger partial charge in [-0.3, -0.25) is 9.59 Å². The lowest BCUT2D eigenvalue weighted by Gasteiger charge is -2.08. The summed E-state index contributed by atoms with van der Waals surface area (Å²) < 4.78 is 4.60. The van der Waals surface area contributed by atoms with Crippen LogP contribution < -0.4 is 10.6 Å². The topological polar surface area (TPSA) is 84.5 Å². The molecule has 0 aliphatic carbocycles. The van der Waals surface area contributed by atoms with Crippen LogP contribution in [0.3, 0.4) is 0 Å². The highest BCUT2D eigenvalue weighted by Crippen LogP contribution is 2.10. The molecule has 2 rings (SSSR count). The number of nitrogens with one attached hydrogen (secondary N) is 2. The molecule has 0 radical (unpaired) electrons. The van der Waals surface area contributed by atoms with E-state index in [2.05, 4.69) is 15.4 Å². The van der Waals surface area contributed by atoms with Crippen LogP contribution in [-0.2, 0) is 9.53 Å². The van der Waals surface area contributed by atoms with Crippen LogP contribution in [-0.4, -0.2) is 31.4 Å². The smallest absolute Gasteiger partial charge is 0.337 e. The maximum atomic E-state index is 12.0. The van der Waals surface area contributed by atoms with Gasteiger partial charge in [0.1, 0.15) is 0 Å². The Hall–Kier alpha value is -3.15. The third kappa shape index (κ3) is 4.67. The zero-order chi connectivity index (χ0) is 17.5. The van der Waals surface area contributed by atoms with E-state index in [0.29, 0.717) is 16.8 Å². The van der Waals surface area contributed by atoms with Gasteiger partial charge in [-0.1, -0.05) is 17.7 Å². The molecule has 0 aliphatic rings. The molecule has 2 amide bonds. The number of carbonyl (C=O) groups excluding carboxylic acids is 3. The van der Waals surface area contributed by atoms with Crippen molar-refractivity contribution >= 4 is 23.5 Å². The van der Waals surface area contributed by atoms with E-state index in [9.17, 15) is 14.4 Å². The van der Waals surface area contributed by atoms with Crippen molar-refractivity contribution in [3.8, 4) is 0 Å². The predicted octanol–water partition coefficient (Wildman–Crippen LogP) is 2.15. The Labute approximate surface area is 139 Å². The van der Waals surface area contributed by atoms with Gasteiger partial charge in [0.05, 0.1) is 19.2 Å². The molecule has 24 heavy (non-hydrogen) atoms. The van der Waals surface area contributed by atoms with E-state index < -0.39 is 5.97 Å². The van der Waals surface area contributed by atoms with Crippen molar-refractivity contribution in [2.75, 3.05) is 19.0 Å². The number of carbonyl (C=O) groups is 3. The Morgan fingerprint density at radius 2 is 1.71 bits per heavy atom. The minimum absolute atomic E-state index is 0.147. The highest BCUT2D eigenvalue weighted by atomic mass is 16.5. The number of rotatable bonds is 5. The molecule has 0 saturated carbocycles. The molecule has 0 spiro atoms.